The van der Waals surface area contributed by atoms with E-state index in [1.165, 1.54) is 36.4 Å². The normalized spacial score (nSPS) is 13.5. The summed E-state index contributed by atoms with van der Waals surface area (Å²) in [6.45, 7) is 0. The summed E-state index contributed by atoms with van der Waals surface area (Å²) >= 11 is 5.65. The molecule has 2 heterocycles. The predicted octanol–water partition coefficient (Wildman–Crippen LogP) is 3.46. The quantitative estimate of drug-likeness (QED) is 0.522. The van der Waals surface area contributed by atoms with Gasteiger partial charge in [-0.05, 0) is 73.0 Å². The number of rotatable bonds is 5. The van der Waals surface area contributed by atoms with Crippen molar-refractivity contribution in [3.63, 3.8) is 0 Å². The molecule has 0 aliphatic carbocycles. The number of carbonyl (C=O) groups excluding carboxylic acids is 2. The van der Waals surface area contributed by atoms with Crippen LogP contribution in [0, 0.1) is 0 Å². The van der Waals surface area contributed by atoms with E-state index in [1.807, 2.05) is 0 Å². The van der Waals surface area contributed by atoms with Crippen molar-refractivity contribution in [2.24, 2.45) is 0 Å². The molecule has 0 atom stereocenters. The van der Waals surface area contributed by atoms with E-state index < -0.39 is 10.0 Å². The first-order chi connectivity index (χ1) is 15.3. The highest BCUT2D eigenvalue weighted by atomic mass is 35.5. The number of anilines is 3. The van der Waals surface area contributed by atoms with Crippen LogP contribution in [0.2, 0.25) is 5.15 Å². The number of nitrogens with zero attached hydrogens (tertiary/aromatic N) is 2. The summed E-state index contributed by atoms with van der Waals surface area (Å²) in [6, 6.07) is 13.6. The van der Waals surface area contributed by atoms with Gasteiger partial charge in [-0.15, -0.1) is 10.2 Å². The first kappa shape index (κ1) is 21.7. The molecule has 3 N–H and O–H groups in total. The van der Waals surface area contributed by atoms with E-state index in [-0.39, 0.29) is 27.7 Å². The zero-order valence-electron chi connectivity index (χ0n) is 16.6. The first-order valence-electron chi connectivity index (χ1n) is 9.66. The Labute approximate surface area is 189 Å². The fourth-order valence-corrected chi connectivity index (χ4v) is 4.30. The third-order valence-corrected chi connectivity index (χ3v) is 6.36. The van der Waals surface area contributed by atoms with Crippen LogP contribution in [0.25, 0.3) is 0 Å². The maximum absolute atomic E-state index is 12.6. The summed E-state index contributed by atoms with van der Waals surface area (Å²) < 4.78 is 27.3. The van der Waals surface area contributed by atoms with Gasteiger partial charge in [-0.1, -0.05) is 11.6 Å². The molecule has 0 fully saturated rings. The highest BCUT2D eigenvalue weighted by Crippen LogP contribution is 2.24. The molecule has 0 saturated heterocycles. The minimum absolute atomic E-state index is 0.00646. The first-order valence-corrected chi connectivity index (χ1v) is 11.5. The minimum Gasteiger partial charge on any atom is -0.326 e. The molecular weight excluding hydrogens is 454 g/mol. The smallest absolute Gasteiger partial charge is 0.263 e. The summed E-state index contributed by atoms with van der Waals surface area (Å²) in [5.74, 6) is -0.340. The van der Waals surface area contributed by atoms with Crippen LogP contribution in [0.1, 0.15) is 28.8 Å². The second-order valence-electron chi connectivity index (χ2n) is 7.10. The van der Waals surface area contributed by atoms with Crippen molar-refractivity contribution < 1.29 is 18.0 Å². The van der Waals surface area contributed by atoms with Gasteiger partial charge < -0.3 is 10.6 Å². The highest BCUT2D eigenvalue weighted by molar-refractivity contribution is 7.92. The average molecular weight is 472 g/mol. The van der Waals surface area contributed by atoms with Gasteiger partial charge in [0.15, 0.2) is 11.0 Å². The van der Waals surface area contributed by atoms with E-state index in [9.17, 15) is 18.0 Å². The molecule has 3 aromatic rings. The molecule has 4 rings (SSSR count). The Morgan fingerprint density at radius 3 is 2.50 bits per heavy atom. The Hall–Kier alpha value is -3.50. The lowest BCUT2D eigenvalue weighted by Crippen LogP contribution is -2.15. The van der Waals surface area contributed by atoms with Gasteiger partial charge in [0.25, 0.3) is 15.9 Å². The second kappa shape index (κ2) is 8.93. The van der Waals surface area contributed by atoms with Gasteiger partial charge in [0.05, 0.1) is 4.90 Å². The molecule has 0 unspecified atom stereocenters. The monoisotopic (exact) mass is 471 g/mol. The van der Waals surface area contributed by atoms with Crippen molar-refractivity contribution >= 4 is 50.6 Å². The molecule has 2 amide bonds. The van der Waals surface area contributed by atoms with Crippen LogP contribution in [0.3, 0.4) is 0 Å². The number of aromatic nitrogens is 2. The molecule has 9 nitrogen and oxygen atoms in total. The van der Waals surface area contributed by atoms with E-state index in [1.54, 1.807) is 18.2 Å². The molecule has 164 valence electrons. The standard InChI is InChI=1S/C21H18ClN5O4S/c22-18-10-11-19(26-25-18)27-32(30,31)16-7-5-15(6-8-16)23-21(29)14-4-9-17-13(12-14)2-1-3-20(28)24-17/h4-12H,1-3H2,(H,23,29)(H,24,28)(H,26,27). The van der Waals surface area contributed by atoms with E-state index in [0.717, 1.165) is 17.7 Å². The lowest BCUT2D eigenvalue weighted by atomic mass is 10.0. The third-order valence-electron chi connectivity index (χ3n) is 4.78. The van der Waals surface area contributed by atoms with Crippen LogP contribution in [0.15, 0.2) is 59.5 Å². The Morgan fingerprint density at radius 2 is 1.78 bits per heavy atom. The van der Waals surface area contributed by atoms with Gasteiger partial charge in [-0.2, -0.15) is 0 Å². The number of sulfonamides is 1. The molecule has 11 heteroatoms. The van der Waals surface area contributed by atoms with E-state index in [2.05, 4.69) is 25.6 Å². The van der Waals surface area contributed by atoms with Crippen LogP contribution in [-0.2, 0) is 21.2 Å². The zero-order chi connectivity index (χ0) is 22.7. The largest absolute Gasteiger partial charge is 0.326 e. The van der Waals surface area contributed by atoms with Gasteiger partial charge >= 0.3 is 0 Å². The number of aryl methyl sites for hydroxylation is 1. The van der Waals surface area contributed by atoms with Gasteiger partial charge in [0.2, 0.25) is 5.91 Å². The molecule has 0 radical (unpaired) electrons. The van der Waals surface area contributed by atoms with Crippen LogP contribution in [0.4, 0.5) is 17.2 Å². The highest BCUT2D eigenvalue weighted by Gasteiger charge is 2.17. The number of carbonyl (C=O) groups is 2. The third kappa shape index (κ3) is 5.04. The van der Waals surface area contributed by atoms with Gasteiger partial charge in [-0.3, -0.25) is 14.3 Å². The number of amides is 2. The number of halogens is 1. The Morgan fingerprint density at radius 1 is 1.00 bits per heavy atom. The number of hydrogen-bond donors (Lipinski definition) is 3. The number of nitrogens with one attached hydrogen (secondary N) is 3. The van der Waals surface area contributed by atoms with E-state index in [4.69, 9.17) is 11.6 Å². The van der Waals surface area contributed by atoms with E-state index >= 15 is 0 Å². The zero-order valence-corrected chi connectivity index (χ0v) is 18.2. The molecule has 2 aromatic carbocycles. The molecule has 0 spiro atoms. The van der Waals surface area contributed by atoms with Crippen LogP contribution in [-0.4, -0.2) is 30.4 Å². The van der Waals surface area contributed by atoms with Crippen molar-refractivity contribution in [3.8, 4) is 0 Å². The lowest BCUT2D eigenvalue weighted by molar-refractivity contribution is -0.116. The molecule has 1 aliphatic rings. The minimum atomic E-state index is -3.88. The second-order valence-corrected chi connectivity index (χ2v) is 9.17. The average Bonchev–Trinajstić information content (AvgIpc) is 2.95. The topological polar surface area (TPSA) is 130 Å². The maximum Gasteiger partial charge on any atom is 0.263 e. The number of fused-ring (bicyclic) bond motifs is 1. The molecule has 32 heavy (non-hydrogen) atoms. The van der Waals surface area contributed by atoms with Crippen molar-refractivity contribution in [1.29, 1.82) is 0 Å². The number of hydrogen-bond acceptors (Lipinski definition) is 6. The lowest BCUT2D eigenvalue weighted by Gasteiger charge is -2.11. The number of benzene rings is 2. The fourth-order valence-electron chi connectivity index (χ4n) is 3.20. The molecule has 1 aromatic heterocycles. The van der Waals surface area contributed by atoms with E-state index in [0.29, 0.717) is 24.1 Å². The summed E-state index contributed by atoms with van der Waals surface area (Å²) in [4.78, 5) is 24.3. The van der Waals surface area contributed by atoms with Crippen molar-refractivity contribution in [3.05, 3.63) is 70.9 Å². The SMILES string of the molecule is O=C1CCCc2cc(C(=O)Nc3ccc(S(=O)(=O)Nc4ccc(Cl)nn4)cc3)ccc2N1. The molecule has 0 saturated carbocycles. The fraction of sp³-hybridized carbons (Fsp3) is 0.143. The molecule has 0 bridgehead atoms. The van der Waals surface area contributed by atoms with Crippen LogP contribution < -0.4 is 15.4 Å². The van der Waals surface area contributed by atoms with Crippen LogP contribution >= 0.6 is 11.6 Å². The van der Waals surface area contributed by atoms with Gasteiger partial charge in [0.1, 0.15) is 0 Å². The van der Waals surface area contributed by atoms with Gasteiger partial charge in [0, 0.05) is 23.4 Å². The van der Waals surface area contributed by atoms with Crippen molar-refractivity contribution in [2.45, 2.75) is 24.2 Å². The maximum atomic E-state index is 12.6. The molecular formula is C21H18ClN5O4S. The van der Waals surface area contributed by atoms with Crippen LogP contribution in [0.5, 0.6) is 0 Å². The van der Waals surface area contributed by atoms with Crippen molar-refractivity contribution in [2.75, 3.05) is 15.4 Å². The van der Waals surface area contributed by atoms with Crippen molar-refractivity contribution in [1.82, 2.24) is 10.2 Å². The summed E-state index contributed by atoms with van der Waals surface area (Å²) in [7, 11) is -3.88. The van der Waals surface area contributed by atoms with Gasteiger partial charge in [-0.25, -0.2) is 8.42 Å². The summed E-state index contributed by atoms with van der Waals surface area (Å²) in [5, 5.41) is 13.0. The summed E-state index contributed by atoms with van der Waals surface area (Å²) in [5.41, 5.74) is 2.50. The Bertz CT molecular complexity index is 1280. The Balaban J connectivity index is 1.45. The Kier molecular flexibility index (Phi) is 6.06. The summed E-state index contributed by atoms with van der Waals surface area (Å²) in [6.07, 6.45) is 1.87. The predicted molar refractivity (Wildman–Crippen MR) is 120 cm³/mol. The molecule has 1 aliphatic heterocycles.